The van der Waals surface area contributed by atoms with E-state index in [1.54, 1.807) is 4.90 Å². The molecule has 2 amide bonds. The Labute approximate surface area is 122 Å². The summed E-state index contributed by atoms with van der Waals surface area (Å²) in [5.74, 6) is 0.186. The number of carbonyl (C=O) groups is 2. The molecule has 1 heterocycles. The fourth-order valence-corrected chi connectivity index (χ4v) is 2.92. The topological polar surface area (TPSA) is 49.4 Å². The van der Waals surface area contributed by atoms with Gasteiger partial charge in [0.2, 0.25) is 11.8 Å². The minimum absolute atomic E-state index is 0.0104. The van der Waals surface area contributed by atoms with Gasteiger partial charge in [0.25, 0.3) is 0 Å². The van der Waals surface area contributed by atoms with E-state index < -0.39 is 5.54 Å². The quantitative estimate of drug-likeness (QED) is 0.760. The van der Waals surface area contributed by atoms with Crippen molar-refractivity contribution < 1.29 is 9.59 Å². The Kier molecular flexibility index (Phi) is 5.78. The van der Waals surface area contributed by atoms with E-state index in [-0.39, 0.29) is 23.8 Å². The molecule has 0 bridgehead atoms. The van der Waals surface area contributed by atoms with Crippen molar-refractivity contribution in [3.63, 3.8) is 0 Å². The average molecular weight is 280 g/mol. The van der Waals surface area contributed by atoms with Gasteiger partial charge < -0.3 is 10.2 Å². The molecule has 1 aliphatic heterocycles. The highest BCUT2D eigenvalue weighted by atomic mass is 16.2. The fraction of sp³-hybridized carbons (Fsp3) is 0.750. The van der Waals surface area contributed by atoms with Crippen molar-refractivity contribution in [3.8, 4) is 0 Å². The molecule has 0 spiro atoms. The first-order valence-corrected chi connectivity index (χ1v) is 7.67. The van der Waals surface area contributed by atoms with Gasteiger partial charge in [-0.25, -0.2) is 0 Å². The third-order valence-electron chi connectivity index (χ3n) is 4.25. The van der Waals surface area contributed by atoms with Gasteiger partial charge in [0.05, 0.1) is 0 Å². The van der Waals surface area contributed by atoms with E-state index in [9.17, 15) is 9.59 Å². The minimum atomic E-state index is -0.710. The van der Waals surface area contributed by atoms with Crippen LogP contribution in [0.15, 0.2) is 12.2 Å². The second-order valence-corrected chi connectivity index (χ2v) is 5.82. The smallest absolute Gasteiger partial charge is 0.249 e. The van der Waals surface area contributed by atoms with Crippen LogP contribution in [0, 0.1) is 5.92 Å². The number of nitrogens with one attached hydrogen (secondary N) is 1. The van der Waals surface area contributed by atoms with E-state index in [1.807, 2.05) is 46.8 Å². The largest absolute Gasteiger partial charge is 0.340 e. The van der Waals surface area contributed by atoms with Crippen molar-refractivity contribution >= 4 is 11.8 Å². The summed E-state index contributed by atoms with van der Waals surface area (Å²) >= 11 is 0. The van der Waals surface area contributed by atoms with Crippen molar-refractivity contribution in [2.45, 2.75) is 65.5 Å². The van der Waals surface area contributed by atoms with Gasteiger partial charge in [-0.3, -0.25) is 9.59 Å². The molecule has 0 aromatic rings. The number of nitrogens with zero attached hydrogens (tertiary/aromatic N) is 1. The number of hydrogen-bond acceptors (Lipinski definition) is 2. The van der Waals surface area contributed by atoms with Crippen molar-refractivity contribution in [2.75, 3.05) is 6.54 Å². The second kappa shape index (κ2) is 6.91. The summed E-state index contributed by atoms with van der Waals surface area (Å²) in [5, 5.41) is 2.98. The molecule has 0 radical (unpaired) electrons. The SMILES string of the molecule is C/C=C/CCN1C(=O)C(CC)(CC)NC(=O)C1C(C)C. The Bertz CT molecular complexity index is 384. The Morgan fingerprint density at radius 2 is 1.90 bits per heavy atom. The van der Waals surface area contributed by atoms with E-state index in [0.717, 1.165) is 6.42 Å². The van der Waals surface area contributed by atoms with Crippen LogP contribution in [-0.4, -0.2) is 34.8 Å². The lowest BCUT2D eigenvalue weighted by atomic mass is 9.85. The summed E-state index contributed by atoms with van der Waals surface area (Å²) in [4.78, 5) is 27.1. The van der Waals surface area contributed by atoms with Gasteiger partial charge in [-0.15, -0.1) is 0 Å². The molecule has 1 atom stereocenters. The van der Waals surface area contributed by atoms with Crippen LogP contribution in [0.2, 0.25) is 0 Å². The predicted molar refractivity (Wildman–Crippen MR) is 81.2 cm³/mol. The molecule has 1 N–H and O–H groups in total. The maximum Gasteiger partial charge on any atom is 0.249 e. The number of amides is 2. The van der Waals surface area contributed by atoms with Gasteiger partial charge >= 0.3 is 0 Å². The van der Waals surface area contributed by atoms with Crippen LogP contribution in [0.3, 0.4) is 0 Å². The van der Waals surface area contributed by atoms with Gasteiger partial charge in [0.15, 0.2) is 0 Å². The number of allylic oxidation sites excluding steroid dienone is 1. The first-order chi connectivity index (χ1) is 9.43. The molecule has 1 aliphatic rings. The van der Waals surface area contributed by atoms with Crippen molar-refractivity contribution in [1.29, 1.82) is 0 Å². The van der Waals surface area contributed by atoms with Gasteiger partial charge in [-0.05, 0) is 32.1 Å². The first kappa shape index (κ1) is 16.7. The van der Waals surface area contributed by atoms with Gasteiger partial charge in [0, 0.05) is 6.54 Å². The summed E-state index contributed by atoms with van der Waals surface area (Å²) in [6.45, 7) is 10.5. The molecule has 4 nitrogen and oxygen atoms in total. The third-order valence-corrected chi connectivity index (χ3v) is 4.25. The van der Waals surface area contributed by atoms with Crippen LogP contribution < -0.4 is 5.32 Å². The molecule has 114 valence electrons. The molecule has 1 fully saturated rings. The summed E-state index contributed by atoms with van der Waals surface area (Å²) in [6.07, 6.45) is 6.09. The highest BCUT2D eigenvalue weighted by molar-refractivity contribution is 5.99. The maximum atomic E-state index is 12.9. The Morgan fingerprint density at radius 3 is 2.35 bits per heavy atom. The maximum absolute atomic E-state index is 12.9. The van der Waals surface area contributed by atoms with E-state index in [4.69, 9.17) is 0 Å². The molecule has 0 aromatic heterocycles. The zero-order valence-electron chi connectivity index (χ0n) is 13.4. The summed E-state index contributed by atoms with van der Waals surface area (Å²) < 4.78 is 0. The molecule has 4 heteroatoms. The monoisotopic (exact) mass is 280 g/mol. The highest BCUT2D eigenvalue weighted by Crippen LogP contribution is 2.28. The van der Waals surface area contributed by atoms with Gasteiger partial charge in [-0.2, -0.15) is 0 Å². The lowest BCUT2D eigenvalue weighted by Gasteiger charge is -2.46. The molecule has 1 rings (SSSR count). The van der Waals surface area contributed by atoms with E-state index in [2.05, 4.69) is 5.32 Å². The van der Waals surface area contributed by atoms with E-state index >= 15 is 0 Å². The van der Waals surface area contributed by atoms with Crippen LogP contribution in [0.5, 0.6) is 0 Å². The lowest BCUT2D eigenvalue weighted by Crippen LogP contribution is -2.71. The molecular formula is C16H28N2O2. The van der Waals surface area contributed by atoms with Crippen molar-refractivity contribution in [3.05, 3.63) is 12.2 Å². The summed E-state index contributed by atoms with van der Waals surface area (Å²) in [5.41, 5.74) is -0.710. The second-order valence-electron chi connectivity index (χ2n) is 5.82. The van der Waals surface area contributed by atoms with Crippen LogP contribution in [0.1, 0.15) is 53.9 Å². The minimum Gasteiger partial charge on any atom is -0.340 e. The Hall–Kier alpha value is -1.32. The zero-order valence-corrected chi connectivity index (χ0v) is 13.4. The van der Waals surface area contributed by atoms with Gasteiger partial charge in [-0.1, -0.05) is 39.8 Å². The third kappa shape index (κ3) is 3.05. The van der Waals surface area contributed by atoms with Crippen molar-refractivity contribution in [1.82, 2.24) is 10.2 Å². The standard InChI is InChI=1S/C16H28N2O2/c1-6-9-10-11-18-13(12(4)5)14(19)17-16(7-2,8-3)15(18)20/h6,9,12-13H,7-8,10-11H2,1-5H3,(H,17,19)/b9-6+. The number of rotatable bonds is 6. The zero-order chi connectivity index (χ0) is 15.3. The average Bonchev–Trinajstić information content (AvgIpc) is 2.42. The van der Waals surface area contributed by atoms with Crippen LogP contribution in [0.25, 0.3) is 0 Å². The molecule has 0 aromatic carbocycles. The normalized spacial score (nSPS) is 22.7. The molecule has 20 heavy (non-hydrogen) atoms. The Balaban J connectivity index is 3.07. The lowest BCUT2D eigenvalue weighted by molar-refractivity contribution is -0.157. The number of carbonyl (C=O) groups excluding carboxylic acids is 2. The molecule has 0 saturated carbocycles. The summed E-state index contributed by atoms with van der Waals surface area (Å²) in [6, 6.07) is -0.348. The first-order valence-electron chi connectivity index (χ1n) is 7.67. The van der Waals surface area contributed by atoms with E-state index in [0.29, 0.717) is 19.4 Å². The number of piperazine rings is 1. The fourth-order valence-electron chi connectivity index (χ4n) is 2.92. The van der Waals surface area contributed by atoms with Crippen LogP contribution in [0.4, 0.5) is 0 Å². The van der Waals surface area contributed by atoms with Crippen molar-refractivity contribution in [2.24, 2.45) is 5.92 Å². The van der Waals surface area contributed by atoms with E-state index in [1.165, 1.54) is 0 Å². The predicted octanol–water partition coefficient (Wildman–Crippen LogP) is 2.49. The van der Waals surface area contributed by atoms with Crippen LogP contribution in [-0.2, 0) is 9.59 Å². The molecule has 1 unspecified atom stereocenters. The van der Waals surface area contributed by atoms with Gasteiger partial charge in [0.1, 0.15) is 11.6 Å². The summed E-state index contributed by atoms with van der Waals surface area (Å²) in [7, 11) is 0. The Morgan fingerprint density at radius 1 is 1.30 bits per heavy atom. The highest BCUT2D eigenvalue weighted by Gasteiger charge is 2.49. The number of hydrogen-bond donors (Lipinski definition) is 1. The molecule has 0 aliphatic carbocycles. The van der Waals surface area contributed by atoms with Crippen LogP contribution >= 0.6 is 0 Å². The molecular weight excluding hydrogens is 252 g/mol. The molecule has 1 saturated heterocycles.